The van der Waals surface area contributed by atoms with Gasteiger partial charge in [0.15, 0.2) is 12.6 Å². The van der Waals surface area contributed by atoms with Crippen LogP contribution in [0.2, 0.25) is 0 Å². The van der Waals surface area contributed by atoms with Crippen LogP contribution in [0.25, 0.3) is 0 Å². The second-order valence-corrected chi connectivity index (χ2v) is 29.7. The number of carbonyl (C=O) groups is 1. The van der Waals surface area contributed by atoms with Gasteiger partial charge in [-0.3, -0.25) is 4.79 Å². The van der Waals surface area contributed by atoms with Crippen LogP contribution in [0.1, 0.15) is 186 Å². The zero-order chi connectivity index (χ0) is 73.5. The molecule has 24 unspecified atom stereocenters. The number of cyclic esters (lactones) is 1. The van der Waals surface area contributed by atoms with Crippen LogP contribution >= 0.6 is 0 Å². The van der Waals surface area contributed by atoms with Gasteiger partial charge >= 0.3 is 5.97 Å². The normalized spacial score (nSPS) is 45.3. The van der Waals surface area contributed by atoms with Crippen LogP contribution in [-0.4, -0.2) is 264 Å². The molecule has 3 heterocycles. The van der Waals surface area contributed by atoms with Crippen molar-refractivity contribution in [3.63, 3.8) is 0 Å². The number of hydrogen-bond acceptors (Lipinski definition) is 26. The topological polar surface area (TPSA) is 479 Å². The molecule has 0 bridgehead atoms. The summed E-state index contributed by atoms with van der Waals surface area (Å²) in [5.74, 6) is -5.94. The smallest absolute Gasteiger partial charge is 0.306 e. The minimum atomic E-state index is -1.90. The molecule has 570 valence electrons. The molecule has 2 saturated heterocycles. The van der Waals surface area contributed by atoms with Crippen molar-refractivity contribution in [3.05, 3.63) is 35.5 Å². The Morgan fingerprint density at radius 3 is 1.60 bits per heavy atom. The Balaban J connectivity index is 2.03. The second kappa shape index (κ2) is 43.7. The molecule has 3 aliphatic heterocycles. The highest BCUT2D eigenvalue weighted by Gasteiger charge is 2.48. The summed E-state index contributed by atoms with van der Waals surface area (Å²) in [6.45, 7) is 20.2. The number of unbranched alkanes of at least 4 members (excludes halogenated alkanes) is 3. The summed E-state index contributed by atoms with van der Waals surface area (Å²) >= 11 is 0. The van der Waals surface area contributed by atoms with E-state index in [2.05, 4.69) is 6.92 Å². The van der Waals surface area contributed by atoms with E-state index in [1.54, 1.807) is 40.7 Å². The Labute approximate surface area is 576 Å². The van der Waals surface area contributed by atoms with Crippen LogP contribution < -0.4 is 11.5 Å². The summed E-state index contributed by atoms with van der Waals surface area (Å²) in [7, 11) is 0. The quantitative estimate of drug-likeness (QED) is 0.0655. The average Bonchev–Trinajstić information content (AvgIpc) is 0.831. The van der Waals surface area contributed by atoms with Gasteiger partial charge < -0.3 is 127 Å². The molecule has 0 aromatic heterocycles. The highest BCUT2D eigenvalue weighted by molar-refractivity contribution is 5.69. The van der Waals surface area contributed by atoms with Crippen LogP contribution in [0.5, 0.6) is 0 Å². The SMILES string of the molecule is C/C1=C\C(C)C(O)/C(C)=C/C(O[C@@H]2O[C@H](CO)[C@@H](O)[C@H](O)[C@@H]2O)C(O)C(C)C(O)CC(O)CC(O)C(C)C(O)CC(O)CC(O)C(C)C(O)CC(O)CC(O[C@@H]2O[C@H](C)[C@@H](O)[C@H](N)[C@H]2O)C(C)C(C(C)CC(C)CCCCCCN)OC(=O)CCC(C)C(O)CC/C=C/C(C)C1O. The third-order valence-corrected chi connectivity index (χ3v) is 21.1. The van der Waals surface area contributed by atoms with Crippen molar-refractivity contribution in [2.45, 2.75) is 339 Å². The van der Waals surface area contributed by atoms with Crippen LogP contribution in [0, 0.1) is 53.3 Å². The fraction of sp³-hybridized carbons (Fsp3) is 0.901. The van der Waals surface area contributed by atoms with E-state index in [4.69, 9.17) is 35.2 Å². The average molecular weight is 1400 g/mol. The molecule has 0 aromatic rings. The van der Waals surface area contributed by atoms with E-state index >= 15 is 0 Å². The van der Waals surface area contributed by atoms with Gasteiger partial charge in [-0.05, 0) is 120 Å². The van der Waals surface area contributed by atoms with Gasteiger partial charge in [0.05, 0.1) is 104 Å². The van der Waals surface area contributed by atoms with Crippen LogP contribution in [0.15, 0.2) is 35.5 Å². The summed E-state index contributed by atoms with van der Waals surface area (Å²) < 4.78 is 30.6. The van der Waals surface area contributed by atoms with Crippen molar-refractivity contribution in [1.29, 1.82) is 0 Å². The Hall–Kier alpha value is -2.27. The summed E-state index contributed by atoms with van der Waals surface area (Å²) in [5.41, 5.74) is 12.7. The highest BCUT2D eigenvalue weighted by atomic mass is 16.7. The first-order chi connectivity index (χ1) is 45.4. The molecule has 0 spiro atoms. The molecule has 26 nitrogen and oxygen atoms in total. The lowest BCUT2D eigenvalue weighted by molar-refractivity contribution is -0.314. The number of aliphatic hydroxyl groups excluding tert-OH is 18. The van der Waals surface area contributed by atoms with Gasteiger partial charge in [-0.25, -0.2) is 0 Å². The van der Waals surface area contributed by atoms with Gasteiger partial charge in [-0.15, -0.1) is 0 Å². The molecule has 22 N–H and O–H groups in total. The minimum Gasteiger partial charge on any atom is -0.462 e. The van der Waals surface area contributed by atoms with E-state index in [-0.39, 0.29) is 61.9 Å². The van der Waals surface area contributed by atoms with Gasteiger partial charge in [-0.1, -0.05) is 112 Å². The van der Waals surface area contributed by atoms with Gasteiger partial charge in [0, 0.05) is 48.3 Å². The van der Waals surface area contributed by atoms with Gasteiger partial charge in [0.2, 0.25) is 0 Å². The largest absolute Gasteiger partial charge is 0.462 e. The second-order valence-electron chi connectivity index (χ2n) is 29.7. The van der Waals surface area contributed by atoms with Crippen molar-refractivity contribution in [2.24, 2.45) is 64.7 Å². The van der Waals surface area contributed by atoms with Crippen molar-refractivity contribution >= 4 is 5.97 Å². The standard InChI is InChI=1S/C71H132N2O24/c1-35(19-15-13-14-18-24-72)25-41(7)69-45(11)56(94-70-66(90)60(73)64(88)46(12)93-70)33-49(77)32-54(82)43(9)52(80)29-47(75)28-51(79)42(8)53(81)30-48(76)31-55(83)44(10)63(87)57(95-71-68(92)67(91)65(89)58(34-74)96-71)27-40(6)62(86)39(5)26-38(4)61(85)37(3)20-16-17-21-50(78)36(2)22-23-59(84)97-69/h16,20,26-27,35-37,39,41-58,60-71,74-83,85-92H,13-15,17-19,21-25,28-34,72-73H2,1-12H3/b20-16+,38-26+,40-27+/t35?,36?,37?,39?,41?,42?,43?,44?,45?,46-,47?,48?,49?,50?,51?,52?,53?,54?,55?,56?,57?,58-,60+,61?,62?,63?,64-,65-,66-,67+,68+,69?,70+,71-/m1/s1. The van der Waals surface area contributed by atoms with Crippen LogP contribution in [0.3, 0.4) is 0 Å². The molecule has 3 aliphatic rings. The lowest BCUT2D eigenvalue weighted by atomic mass is 9.81. The Kier molecular flexibility index (Phi) is 40.1. The van der Waals surface area contributed by atoms with E-state index in [1.807, 2.05) is 26.0 Å². The maximum atomic E-state index is 14.2. The lowest BCUT2D eigenvalue weighted by Crippen LogP contribution is -2.62. The molecule has 97 heavy (non-hydrogen) atoms. The van der Waals surface area contributed by atoms with Crippen molar-refractivity contribution in [2.75, 3.05) is 13.2 Å². The molecule has 0 amide bonds. The maximum absolute atomic E-state index is 14.2. The summed E-state index contributed by atoms with van der Waals surface area (Å²) in [6, 6.07) is -1.17. The molecule has 0 radical (unpaired) electrons. The molecule has 2 fully saturated rings. The number of esters is 1. The zero-order valence-corrected chi connectivity index (χ0v) is 59.8. The highest BCUT2D eigenvalue weighted by Crippen LogP contribution is 2.36. The molecule has 3 rings (SSSR count). The molecule has 34 atom stereocenters. The minimum absolute atomic E-state index is 0.0617. The van der Waals surface area contributed by atoms with Gasteiger partial charge in [0.1, 0.15) is 42.7 Å². The first-order valence-electron chi connectivity index (χ1n) is 35.8. The van der Waals surface area contributed by atoms with Crippen molar-refractivity contribution in [1.82, 2.24) is 0 Å². The predicted molar refractivity (Wildman–Crippen MR) is 362 cm³/mol. The Bertz CT molecular complexity index is 2270. The predicted octanol–water partition coefficient (Wildman–Crippen LogP) is 0.981. The third-order valence-electron chi connectivity index (χ3n) is 21.1. The van der Waals surface area contributed by atoms with Gasteiger partial charge in [0.25, 0.3) is 0 Å². The third kappa shape index (κ3) is 28.4. The molecular formula is C71H132N2O24. The number of allylic oxidation sites excluding steroid dienone is 1. The summed E-state index contributed by atoms with van der Waals surface area (Å²) in [6.07, 6.45) is -22.3. The van der Waals surface area contributed by atoms with Crippen LogP contribution in [-0.2, 0) is 28.5 Å². The molecule has 26 heteroatoms. The summed E-state index contributed by atoms with van der Waals surface area (Å²) in [4.78, 5) is 14.2. The van der Waals surface area contributed by atoms with E-state index in [9.17, 15) is 96.7 Å². The molecule has 0 saturated carbocycles. The number of ether oxygens (including phenoxy) is 5. The van der Waals surface area contributed by atoms with E-state index in [0.717, 1.165) is 32.1 Å². The molecular weight excluding hydrogens is 1260 g/mol. The number of carbonyl (C=O) groups excluding carboxylic acids is 1. The number of hydrogen-bond donors (Lipinski definition) is 20. The fourth-order valence-electron chi connectivity index (χ4n) is 13.7. The monoisotopic (exact) mass is 1400 g/mol. The van der Waals surface area contributed by atoms with Crippen molar-refractivity contribution < 1.29 is 120 Å². The zero-order valence-electron chi connectivity index (χ0n) is 59.8. The van der Waals surface area contributed by atoms with E-state index in [0.29, 0.717) is 31.4 Å². The maximum Gasteiger partial charge on any atom is 0.306 e. The number of nitrogens with two attached hydrogens (primary N) is 2. The summed E-state index contributed by atoms with van der Waals surface area (Å²) in [5, 5.41) is 202. The van der Waals surface area contributed by atoms with Crippen LogP contribution in [0.4, 0.5) is 0 Å². The van der Waals surface area contributed by atoms with E-state index in [1.165, 1.54) is 33.8 Å². The van der Waals surface area contributed by atoms with Crippen molar-refractivity contribution in [3.8, 4) is 0 Å². The Morgan fingerprint density at radius 1 is 0.546 bits per heavy atom. The Morgan fingerprint density at radius 2 is 1.05 bits per heavy atom. The molecule has 0 aliphatic carbocycles. The molecule has 0 aromatic carbocycles. The number of rotatable bonds is 14. The lowest BCUT2D eigenvalue weighted by Gasteiger charge is -2.43. The number of aliphatic hydroxyl groups is 18. The first kappa shape index (κ1) is 88.9. The first-order valence-corrected chi connectivity index (χ1v) is 35.8. The fourth-order valence-corrected chi connectivity index (χ4v) is 13.7. The van der Waals surface area contributed by atoms with E-state index < -0.39 is 214 Å². The van der Waals surface area contributed by atoms with Gasteiger partial charge in [-0.2, -0.15) is 0 Å².